The van der Waals surface area contributed by atoms with Crippen LogP contribution >= 0.6 is 7.82 Å². The molecule has 204 valence electrons. The molecule has 3 atom stereocenters. The Morgan fingerprint density at radius 2 is 1.92 bits per heavy atom. The smallest absolute Gasteiger partial charge is 0.431 e. The van der Waals surface area contributed by atoms with E-state index in [0.717, 1.165) is 0 Å². The van der Waals surface area contributed by atoms with Crippen LogP contribution in [-0.2, 0) is 37.9 Å². The van der Waals surface area contributed by atoms with Gasteiger partial charge in [-0.05, 0) is 53.7 Å². The number of aliphatic hydroxyl groups is 1. The van der Waals surface area contributed by atoms with Crippen LogP contribution in [0.25, 0.3) is 5.52 Å². The lowest BCUT2D eigenvalue weighted by atomic mass is 9.94. The lowest BCUT2D eigenvalue weighted by Gasteiger charge is -2.30. The molecule has 3 rings (SSSR count). The van der Waals surface area contributed by atoms with Crippen LogP contribution in [0.2, 0.25) is 0 Å². The number of aliphatic hydroxyl groups excluding tert-OH is 1. The summed E-state index contributed by atoms with van der Waals surface area (Å²) in [5.74, 6) is 0.192. The van der Waals surface area contributed by atoms with Crippen molar-refractivity contribution in [3.8, 4) is 6.07 Å². The fraction of sp³-hybridized carbons (Fsp3) is 0.636. The molecule has 0 aromatic carbocycles. The Kier molecular flexibility index (Phi) is 8.19. The first-order valence-electron chi connectivity index (χ1n) is 11.4. The molecule has 1 aliphatic rings. The highest BCUT2D eigenvalue weighted by molar-refractivity contribution is 7.48. The molecule has 0 amide bonds. The molecule has 0 bridgehead atoms. The molecule has 0 spiro atoms. The molecule has 1 fully saturated rings. The largest absolute Gasteiger partial charge is 0.510 e. The number of hydrogen-bond acceptors (Lipinski definition) is 13. The second kappa shape index (κ2) is 10.5. The summed E-state index contributed by atoms with van der Waals surface area (Å²) < 4.78 is 46.0. The van der Waals surface area contributed by atoms with Crippen molar-refractivity contribution in [1.82, 2.24) is 14.6 Å². The van der Waals surface area contributed by atoms with Gasteiger partial charge in [0.15, 0.2) is 5.82 Å². The summed E-state index contributed by atoms with van der Waals surface area (Å²) in [6.45, 7) is 8.89. The first kappa shape index (κ1) is 28.8. The van der Waals surface area contributed by atoms with Crippen molar-refractivity contribution in [2.75, 3.05) is 19.1 Å². The average Bonchev–Trinajstić information content (AvgIpc) is 3.31. The number of nitriles is 1. The van der Waals surface area contributed by atoms with Gasteiger partial charge in [0.2, 0.25) is 12.4 Å². The van der Waals surface area contributed by atoms with Crippen LogP contribution in [0.5, 0.6) is 0 Å². The van der Waals surface area contributed by atoms with Gasteiger partial charge in [-0.25, -0.2) is 23.4 Å². The van der Waals surface area contributed by atoms with Gasteiger partial charge in [-0.2, -0.15) is 10.4 Å². The van der Waals surface area contributed by atoms with Crippen molar-refractivity contribution in [3.05, 3.63) is 24.2 Å². The maximum Gasteiger partial charge on any atom is 0.510 e. The van der Waals surface area contributed by atoms with Gasteiger partial charge in [-0.15, -0.1) is 0 Å². The number of nitrogens with zero attached hydrogens (tertiary/aromatic N) is 4. The third-order valence-corrected chi connectivity index (χ3v) is 6.85. The van der Waals surface area contributed by atoms with Gasteiger partial charge >= 0.3 is 14.0 Å². The Morgan fingerprint density at radius 3 is 2.51 bits per heavy atom. The monoisotopic (exact) mass is 541 g/mol. The molecule has 14 nitrogen and oxygen atoms in total. The molecule has 3 heterocycles. The van der Waals surface area contributed by atoms with Crippen LogP contribution in [0.1, 0.15) is 53.7 Å². The van der Waals surface area contributed by atoms with Gasteiger partial charge in [0, 0.05) is 6.42 Å². The fourth-order valence-electron chi connectivity index (χ4n) is 3.61. The van der Waals surface area contributed by atoms with Crippen LogP contribution in [0.15, 0.2) is 18.5 Å². The Bertz CT molecular complexity index is 1200. The standard InChI is InChI=1S/C22H32N5O9P/c1-20(2,3)35-37(30,36-21(4,5)6)33-13-32-19(29)31-10-14-9-17(28)22(11-23,34-14)16-8-7-15-18(24)25-12-26-27(15)16/h7-8,12,14,17,28H,9-10,13H2,1-6H3,(H2,24,25,26)/t14-,17+,22-/m0/s1. The van der Waals surface area contributed by atoms with Gasteiger partial charge in [0.1, 0.15) is 30.6 Å². The topological polar surface area (TPSA) is 190 Å². The molecule has 37 heavy (non-hydrogen) atoms. The summed E-state index contributed by atoms with van der Waals surface area (Å²) in [4.78, 5) is 16.0. The molecule has 15 heteroatoms. The minimum atomic E-state index is -4.09. The minimum absolute atomic E-state index is 0.0147. The number of ether oxygens (including phenoxy) is 3. The lowest BCUT2D eigenvalue weighted by Crippen LogP contribution is -2.36. The highest BCUT2D eigenvalue weighted by atomic mass is 31.2. The van der Waals surface area contributed by atoms with Crippen LogP contribution in [0.4, 0.5) is 10.6 Å². The maximum atomic E-state index is 13.0. The van der Waals surface area contributed by atoms with Gasteiger partial charge in [0.25, 0.3) is 0 Å². The molecule has 0 saturated carbocycles. The van der Waals surface area contributed by atoms with E-state index in [1.165, 1.54) is 10.8 Å². The van der Waals surface area contributed by atoms with Crippen LogP contribution in [0, 0.1) is 11.3 Å². The van der Waals surface area contributed by atoms with Crippen molar-refractivity contribution < 1.29 is 42.2 Å². The molecule has 3 N–H and O–H groups in total. The summed E-state index contributed by atoms with van der Waals surface area (Å²) in [6, 6.07) is 5.16. The molecular formula is C22H32N5O9P. The van der Waals surface area contributed by atoms with Gasteiger partial charge < -0.3 is 25.1 Å². The number of nitrogen functional groups attached to an aromatic ring is 1. The number of phosphoric acid groups is 1. The van der Waals surface area contributed by atoms with Crippen molar-refractivity contribution in [2.24, 2.45) is 0 Å². The van der Waals surface area contributed by atoms with Crippen molar-refractivity contribution in [1.29, 1.82) is 5.26 Å². The third kappa shape index (κ3) is 6.95. The number of nitrogens with two attached hydrogens (primary N) is 1. The Labute approximate surface area is 214 Å². The second-order valence-electron chi connectivity index (χ2n) is 10.3. The highest BCUT2D eigenvalue weighted by Crippen LogP contribution is 2.55. The molecule has 0 radical (unpaired) electrons. The van der Waals surface area contributed by atoms with E-state index in [4.69, 9.17) is 33.5 Å². The lowest BCUT2D eigenvalue weighted by molar-refractivity contribution is -0.0770. The summed E-state index contributed by atoms with van der Waals surface area (Å²) in [7, 11) is -4.09. The summed E-state index contributed by atoms with van der Waals surface area (Å²) >= 11 is 0. The highest BCUT2D eigenvalue weighted by Gasteiger charge is 2.52. The van der Waals surface area contributed by atoms with E-state index in [1.54, 1.807) is 53.7 Å². The number of carbonyl (C=O) groups is 1. The normalized spacial score (nSPS) is 22.6. The Balaban J connectivity index is 1.58. The van der Waals surface area contributed by atoms with Crippen molar-refractivity contribution >= 4 is 25.3 Å². The number of aromatic nitrogens is 3. The zero-order valence-electron chi connectivity index (χ0n) is 21.5. The second-order valence-corrected chi connectivity index (χ2v) is 11.8. The van der Waals surface area contributed by atoms with Gasteiger partial charge in [-0.3, -0.25) is 9.05 Å². The number of anilines is 1. The summed E-state index contributed by atoms with van der Waals surface area (Å²) in [5, 5.41) is 24.7. The minimum Gasteiger partial charge on any atom is -0.431 e. The van der Waals surface area contributed by atoms with E-state index in [9.17, 15) is 19.7 Å². The maximum absolute atomic E-state index is 13.0. The van der Waals surface area contributed by atoms with Crippen LogP contribution < -0.4 is 5.73 Å². The van der Waals surface area contributed by atoms with E-state index in [-0.39, 0.29) is 24.5 Å². The van der Waals surface area contributed by atoms with Crippen molar-refractivity contribution in [3.63, 3.8) is 0 Å². The zero-order chi connectivity index (χ0) is 27.6. The SMILES string of the molecule is CC(C)(C)OP(=O)(OCOC(=O)OC[C@@H]1C[C@@H](O)[C@](C#N)(c2ccc3c(N)ncnn23)O1)OC(C)(C)C. The quantitative estimate of drug-likeness (QED) is 0.282. The zero-order valence-corrected chi connectivity index (χ0v) is 22.4. The van der Waals surface area contributed by atoms with E-state index in [1.807, 2.05) is 6.07 Å². The number of fused-ring (bicyclic) bond motifs is 1. The van der Waals surface area contributed by atoms with Crippen LogP contribution in [0.3, 0.4) is 0 Å². The van der Waals surface area contributed by atoms with Crippen molar-refractivity contribution in [2.45, 2.75) is 77.0 Å². The van der Waals surface area contributed by atoms with E-state index in [0.29, 0.717) is 5.52 Å². The van der Waals surface area contributed by atoms with Crippen LogP contribution in [-0.4, -0.2) is 62.7 Å². The molecule has 0 unspecified atom stereocenters. The van der Waals surface area contributed by atoms with E-state index in [2.05, 4.69) is 10.1 Å². The summed E-state index contributed by atoms with van der Waals surface area (Å²) in [6.07, 6.45) is -2.05. The predicted octanol–water partition coefficient (Wildman–Crippen LogP) is 3.05. The van der Waals surface area contributed by atoms with Gasteiger partial charge in [-0.1, -0.05) is 0 Å². The predicted molar refractivity (Wildman–Crippen MR) is 128 cm³/mol. The number of carbonyl (C=O) groups excluding carboxylic acids is 1. The molecule has 1 aliphatic heterocycles. The van der Waals surface area contributed by atoms with Gasteiger partial charge in [0.05, 0.1) is 23.0 Å². The molecular weight excluding hydrogens is 509 g/mol. The molecule has 2 aromatic heterocycles. The number of phosphoric ester groups is 1. The molecule has 1 saturated heterocycles. The Hall–Kier alpha value is -2.79. The fourth-order valence-corrected chi connectivity index (χ4v) is 5.28. The average molecular weight is 541 g/mol. The summed E-state index contributed by atoms with van der Waals surface area (Å²) in [5.41, 5.74) is 3.03. The molecule has 2 aromatic rings. The first-order valence-corrected chi connectivity index (χ1v) is 12.8. The van der Waals surface area contributed by atoms with E-state index >= 15 is 0 Å². The number of hydrogen-bond donors (Lipinski definition) is 2. The molecule has 0 aliphatic carbocycles. The Morgan fingerprint density at radius 1 is 1.27 bits per heavy atom. The third-order valence-electron chi connectivity index (χ3n) is 4.88. The number of rotatable bonds is 8. The van der Waals surface area contributed by atoms with E-state index < -0.39 is 49.8 Å². The first-order chi connectivity index (χ1) is 17.1.